The highest BCUT2D eigenvalue weighted by atomic mass is 32.1. The molecule has 21 heavy (non-hydrogen) atoms. The Labute approximate surface area is 132 Å². The van der Waals surface area contributed by atoms with Gasteiger partial charge in [0, 0.05) is 9.75 Å². The maximum Gasteiger partial charge on any atom is 0.339 e. The molecule has 1 N–H and O–H groups in total. The van der Waals surface area contributed by atoms with Crippen LogP contribution in [0.15, 0.2) is 0 Å². The standard InChI is InChI=1S/C17H27NO2S/c1-5-6-14-15(17(19)20-4)12(3)16(21-14)11(2)13-7-9-18-10-8-13/h11,13,18H,5-10H2,1-4H3/t11-/m1/s1. The molecule has 1 aliphatic rings. The van der Waals surface area contributed by atoms with E-state index in [4.69, 9.17) is 4.74 Å². The van der Waals surface area contributed by atoms with Crippen LogP contribution in [-0.4, -0.2) is 26.2 Å². The Morgan fingerprint density at radius 3 is 2.67 bits per heavy atom. The zero-order valence-electron chi connectivity index (χ0n) is 13.6. The third-order valence-electron chi connectivity index (χ3n) is 4.63. The van der Waals surface area contributed by atoms with Gasteiger partial charge in [0.1, 0.15) is 0 Å². The van der Waals surface area contributed by atoms with Crippen molar-refractivity contribution >= 4 is 17.3 Å². The van der Waals surface area contributed by atoms with E-state index in [9.17, 15) is 4.79 Å². The van der Waals surface area contributed by atoms with Gasteiger partial charge in [-0.25, -0.2) is 4.79 Å². The summed E-state index contributed by atoms with van der Waals surface area (Å²) < 4.78 is 5.00. The van der Waals surface area contributed by atoms with Crippen molar-refractivity contribution in [2.75, 3.05) is 20.2 Å². The molecular formula is C17H27NO2S. The highest BCUT2D eigenvalue weighted by molar-refractivity contribution is 7.12. The molecule has 0 bridgehead atoms. The van der Waals surface area contributed by atoms with E-state index in [1.54, 1.807) is 0 Å². The van der Waals surface area contributed by atoms with Gasteiger partial charge in [0.25, 0.3) is 0 Å². The molecule has 1 aromatic heterocycles. The molecule has 1 fully saturated rings. The van der Waals surface area contributed by atoms with Crippen LogP contribution >= 0.6 is 11.3 Å². The monoisotopic (exact) mass is 309 g/mol. The maximum atomic E-state index is 12.1. The van der Waals surface area contributed by atoms with Crippen molar-refractivity contribution < 1.29 is 9.53 Å². The molecule has 0 aliphatic carbocycles. The maximum absolute atomic E-state index is 12.1. The topological polar surface area (TPSA) is 38.3 Å². The molecule has 3 nitrogen and oxygen atoms in total. The van der Waals surface area contributed by atoms with Gasteiger partial charge in [-0.2, -0.15) is 0 Å². The van der Waals surface area contributed by atoms with Crippen LogP contribution in [0.1, 0.15) is 64.7 Å². The van der Waals surface area contributed by atoms with Crippen molar-refractivity contribution in [3.05, 3.63) is 20.9 Å². The number of carbonyl (C=O) groups is 1. The number of nitrogens with one attached hydrogen (secondary N) is 1. The Morgan fingerprint density at radius 2 is 2.10 bits per heavy atom. The van der Waals surface area contributed by atoms with E-state index in [2.05, 4.69) is 26.1 Å². The van der Waals surface area contributed by atoms with Crippen LogP contribution in [0.5, 0.6) is 0 Å². The second-order valence-electron chi connectivity index (χ2n) is 6.01. The minimum atomic E-state index is -0.170. The summed E-state index contributed by atoms with van der Waals surface area (Å²) in [5, 5.41) is 3.43. The van der Waals surface area contributed by atoms with Crippen LogP contribution in [-0.2, 0) is 11.2 Å². The van der Waals surface area contributed by atoms with E-state index in [1.807, 2.05) is 11.3 Å². The summed E-state index contributed by atoms with van der Waals surface area (Å²) in [6.07, 6.45) is 4.49. The van der Waals surface area contributed by atoms with E-state index in [0.717, 1.165) is 43.0 Å². The number of methoxy groups -OCH3 is 1. The molecule has 0 unspecified atom stereocenters. The second-order valence-corrected chi connectivity index (χ2v) is 7.14. The molecule has 4 heteroatoms. The average molecular weight is 309 g/mol. The van der Waals surface area contributed by atoms with Crippen LogP contribution in [0.4, 0.5) is 0 Å². The van der Waals surface area contributed by atoms with Gasteiger partial charge in [-0.15, -0.1) is 11.3 Å². The molecule has 0 radical (unpaired) electrons. The molecule has 2 heterocycles. The number of ether oxygens (including phenoxy) is 1. The molecule has 1 saturated heterocycles. The van der Waals surface area contributed by atoms with Crippen LogP contribution in [0, 0.1) is 12.8 Å². The minimum absolute atomic E-state index is 0.170. The highest BCUT2D eigenvalue weighted by Gasteiger charge is 2.28. The molecule has 1 aliphatic heterocycles. The third-order valence-corrected chi connectivity index (χ3v) is 6.18. The van der Waals surface area contributed by atoms with Crippen molar-refractivity contribution in [1.82, 2.24) is 5.32 Å². The van der Waals surface area contributed by atoms with E-state index in [1.165, 1.54) is 29.7 Å². The number of hydrogen-bond acceptors (Lipinski definition) is 4. The number of rotatable bonds is 5. The first kappa shape index (κ1) is 16.5. The molecule has 118 valence electrons. The molecule has 0 amide bonds. The predicted octanol–water partition coefficient (Wildman–Crippen LogP) is 3.90. The Bertz CT molecular complexity index is 489. The van der Waals surface area contributed by atoms with Gasteiger partial charge in [-0.05, 0) is 56.7 Å². The number of aryl methyl sites for hydroxylation is 1. The third kappa shape index (κ3) is 3.49. The second kappa shape index (κ2) is 7.41. The lowest BCUT2D eigenvalue weighted by Gasteiger charge is -2.28. The Hall–Kier alpha value is -0.870. The number of thiophene rings is 1. The van der Waals surface area contributed by atoms with E-state index in [-0.39, 0.29) is 5.97 Å². The van der Waals surface area contributed by atoms with Crippen molar-refractivity contribution in [3.8, 4) is 0 Å². The summed E-state index contributed by atoms with van der Waals surface area (Å²) >= 11 is 1.83. The van der Waals surface area contributed by atoms with E-state index in [0.29, 0.717) is 5.92 Å². The fourth-order valence-electron chi connectivity index (χ4n) is 3.36. The quantitative estimate of drug-likeness (QED) is 0.838. The largest absolute Gasteiger partial charge is 0.465 e. The summed E-state index contributed by atoms with van der Waals surface area (Å²) in [4.78, 5) is 14.7. The van der Waals surface area contributed by atoms with Gasteiger partial charge < -0.3 is 10.1 Å². The smallest absolute Gasteiger partial charge is 0.339 e. The van der Waals surface area contributed by atoms with Gasteiger partial charge in [-0.1, -0.05) is 20.3 Å². The number of hydrogen-bond donors (Lipinski definition) is 1. The van der Waals surface area contributed by atoms with E-state index >= 15 is 0 Å². The van der Waals surface area contributed by atoms with Crippen molar-refractivity contribution in [3.63, 3.8) is 0 Å². The fraction of sp³-hybridized carbons (Fsp3) is 0.706. The van der Waals surface area contributed by atoms with Gasteiger partial charge in [-0.3, -0.25) is 0 Å². The van der Waals surface area contributed by atoms with Crippen LogP contribution in [0.25, 0.3) is 0 Å². The fourth-order valence-corrected chi connectivity index (χ4v) is 4.90. The van der Waals surface area contributed by atoms with Gasteiger partial charge >= 0.3 is 5.97 Å². The lowest BCUT2D eigenvalue weighted by Crippen LogP contribution is -2.30. The molecule has 2 rings (SSSR count). The van der Waals surface area contributed by atoms with Crippen LogP contribution in [0.3, 0.4) is 0 Å². The summed E-state index contributed by atoms with van der Waals surface area (Å²) in [7, 11) is 1.48. The Balaban J connectivity index is 2.32. The number of carbonyl (C=O) groups excluding carboxylic acids is 1. The van der Waals surface area contributed by atoms with Crippen LogP contribution in [0.2, 0.25) is 0 Å². The molecule has 1 atom stereocenters. The summed E-state index contributed by atoms with van der Waals surface area (Å²) in [6, 6.07) is 0. The molecule has 0 spiro atoms. The molecular weight excluding hydrogens is 282 g/mol. The van der Waals surface area contributed by atoms with E-state index < -0.39 is 0 Å². The SMILES string of the molecule is CCCc1sc([C@H](C)C2CCNCC2)c(C)c1C(=O)OC. The minimum Gasteiger partial charge on any atom is -0.465 e. The van der Waals surface area contributed by atoms with Crippen molar-refractivity contribution in [2.24, 2.45) is 5.92 Å². The predicted molar refractivity (Wildman–Crippen MR) is 88.4 cm³/mol. The summed E-state index contributed by atoms with van der Waals surface area (Å²) in [6.45, 7) is 8.81. The van der Waals surface area contributed by atoms with Crippen LogP contribution < -0.4 is 5.32 Å². The molecule has 0 aromatic carbocycles. The zero-order chi connectivity index (χ0) is 15.4. The van der Waals surface area contributed by atoms with Crippen molar-refractivity contribution in [1.29, 1.82) is 0 Å². The summed E-state index contributed by atoms with van der Waals surface area (Å²) in [5.74, 6) is 1.09. The van der Waals surface area contributed by atoms with Gasteiger partial charge in [0.2, 0.25) is 0 Å². The lowest BCUT2D eigenvalue weighted by molar-refractivity contribution is 0.0599. The highest BCUT2D eigenvalue weighted by Crippen LogP contribution is 2.40. The number of esters is 1. The molecule has 1 aromatic rings. The normalized spacial score (nSPS) is 17.7. The summed E-state index contributed by atoms with van der Waals surface area (Å²) in [5.41, 5.74) is 1.99. The number of piperidine rings is 1. The first-order valence-corrected chi connectivity index (χ1v) is 8.82. The zero-order valence-corrected chi connectivity index (χ0v) is 14.4. The van der Waals surface area contributed by atoms with Gasteiger partial charge in [0.05, 0.1) is 12.7 Å². The first-order chi connectivity index (χ1) is 10.1. The lowest BCUT2D eigenvalue weighted by atomic mass is 9.84. The first-order valence-electron chi connectivity index (χ1n) is 8.01. The van der Waals surface area contributed by atoms with Gasteiger partial charge in [0.15, 0.2) is 0 Å². The van der Waals surface area contributed by atoms with Crippen molar-refractivity contribution in [2.45, 2.75) is 52.4 Å². The molecule has 0 saturated carbocycles. The Morgan fingerprint density at radius 1 is 1.43 bits per heavy atom. The Kier molecular flexibility index (Phi) is 5.82. The average Bonchev–Trinajstić information content (AvgIpc) is 2.83.